The Morgan fingerprint density at radius 1 is 1.10 bits per heavy atom. The van der Waals surface area contributed by atoms with Crippen molar-refractivity contribution < 1.29 is 9.47 Å². The molecule has 0 amide bonds. The predicted octanol–water partition coefficient (Wildman–Crippen LogP) is 2.44. The molecule has 0 aliphatic rings. The Morgan fingerprint density at radius 3 is 2.50 bits per heavy atom. The van der Waals surface area contributed by atoms with E-state index >= 15 is 0 Å². The third-order valence-electron chi connectivity index (χ3n) is 3.00. The van der Waals surface area contributed by atoms with Crippen LogP contribution in [0.2, 0.25) is 0 Å². The second-order valence-electron chi connectivity index (χ2n) is 4.56. The Morgan fingerprint density at radius 2 is 1.85 bits per heavy atom. The average Bonchev–Trinajstić information content (AvgIpc) is 2.47. The lowest BCUT2D eigenvalue weighted by molar-refractivity contribution is 0.354. The lowest BCUT2D eigenvalue weighted by Gasteiger charge is -2.19. The van der Waals surface area contributed by atoms with Crippen molar-refractivity contribution in [2.45, 2.75) is 13.5 Å². The summed E-state index contributed by atoms with van der Waals surface area (Å²) in [5, 5.41) is 0. The Hall–Kier alpha value is -2.30. The fourth-order valence-corrected chi connectivity index (χ4v) is 1.97. The van der Waals surface area contributed by atoms with E-state index in [4.69, 9.17) is 9.47 Å². The van der Waals surface area contributed by atoms with Crippen LogP contribution in [0.5, 0.6) is 11.5 Å². The smallest absolute Gasteiger partial charge is 0.161 e. The van der Waals surface area contributed by atoms with Gasteiger partial charge in [-0.15, -0.1) is 0 Å². The van der Waals surface area contributed by atoms with Crippen LogP contribution >= 0.6 is 0 Å². The fourth-order valence-electron chi connectivity index (χ4n) is 1.97. The first kappa shape index (κ1) is 14.1. The fraction of sp³-hybridized carbons (Fsp3) is 0.333. The Balaban J connectivity index is 2.17. The maximum atomic E-state index is 5.31. The minimum absolute atomic E-state index is 0.721. The number of aromatic nitrogens is 2. The Bertz CT molecular complexity index is 587. The first-order valence-corrected chi connectivity index (χ1v) is 6.34. The van der Waals surface area contributed by atoms with Crippen LogP contribution in [-0.2, 0) is 6.54 Å². The van der Waals surface area contributed by atoms with E-state index in [9.17, 15) is 0 Å². The summed E-state index contributed by atoms with van der Waals surface area (Å²) in [6.07, 6.45) is 3.50. The molecule has 1 heterocycles. The Kier molecular flexibility index (Phi) is 4.40. The van der Waals surface area contributed by atoms with Crippen LogP contribution in [0.25, 0.3) is 0 Å². The number of hydrogen-bond donors (Lipinski definition) is 0. The number of anilines is 1. The van der Waals surface area contributed by atoms with Crippen molar-refractivity contribution in [3.8, 4) is 11.5 Å². The molecule has 0 saturated heterocycles. The van der Waals surface area contributed by atoms with E-state index < -0.39 is 0 Å². The van der Waals surface area contributed by atoms with Crippen LogP contribution in [-0.4, -0.2) is 31.2 Å². The molecule has 1 aromatic heterocycles. The van der Waals surface area contributed by atoms with Crippen LogP contribution in [0.4, 0.5) is 5.82 Å². The molecule has 0 aliphatic carbocycles. The standard InChI is InChI=1S/C15H19N3O2/c1-11-8-16-9-15(17-11)18(2)10-12-5-6-13(19-3)14(7-12)20-4/h5-9H,10H2,1-4H3. The van der Waals surface area contributed by atoms with Crippen LogP contribution in [0.1, 0.15) is 11.3 Å². The molecule has 5 heteroatoms. The van der Waals surface area contributed by atoms with E-state index in [0.29, 0.717) is 0 Å². The van der Waals surface area contributed by atoms with Crippen LogP contribution in [0.15, 0.2) is 30.6 Å². The molecule has 1 aromatic carbocycles. The minimum atomic E-state index is 0.721. The number of methoxy groups -OCH3 is 2. The van der Waals surface area contributed by atoms with Gasteiger partial charge in [0.25, 0.3) is 0 Å². The summed E-state index contributed by atoms with van der Waals surface area (Å²) in [6.45, 7) is 2.65. The predicted molar refractivity (Wildman–Crippen MR) is 78.4 cm³/mol. The molecular formula is C15H19N3O2. The minimum Gasteiger partial charge on any atom is -0.493 e. The summed E-state index contributed by atoms with van der Waals surface area (Å²) in [5.41, 5.74) is 2.02. The van der Waals surface area contributed by atoms with Crippen molar-refractivity contribution in [2.75, 3.05) is 26.2 Å². The zero-order chi connectivity index (χ0) is 14.5. The van der Waals surface area contributed by atoms with Gasteiger partial charge in [-0.25, -0.2) is 4.98 Å². The highest BCUT2D eigenvalue weighted by Crippen LogP contribution is 2.28. The number of nitrogens with zero attached hydrogens (tertiary/aromatic N) is 3. The third-order valence-corrected chi connectivity index (χ3v) is 3.00. The number of ether oxygens (including phenoxy) is 2. The van der Waals surface area contributed by atoms with Crippen molar-refractivity contribution >= 4 is 5.82 Å². The molecule has 106 valence electrons. The van der Waals surface area contributed by atoms with Gasteiger partial charge in [0.2, 0.25) is 0 Å². The van der Waals surface area contributed by atoms with Gasteiger partial charge in [0.05, 0.1) is 26.1 Å². The van der Waals surface area contributed by atoms with Gasteiger partial charge in [0.1, 0.15) is 5.82 Å². The molecule has 0 radical (unpaired) electrons. The lowest BCUT2D eigenvalue weighted by atomic mass is 10.2. The zero-order valence-electron chi connectivity index (χ0n) is 12.3. The molecule has 0 N–H and O–H groups in total. The maximum Gasteiger partial charge on any atom is 0.161 e. The molecule has 0 saturated carbocycles. The average molecular weight is 273 g/mol. The van der Waals surface area contributed by atoms with E-state index in [0.717, 1.165) is 35.1 Å². The zero-order valence-corrected chi connectivity index (χ0v) is 12.3. The molecular weight excluding hydrogens is 254 g/mol. The van der Waals surface area contributed by atoms with Crippen molar-refractivity contribution in [1.82, 2.24) is 9.97 Å². The van der Waals surface area contributed by atoms with Crippen molar-refractivity contribution in [3.63, 3.8) is 0 Å². The van der Waals surface area contributed by atoms with Crippen molar-refractivity contribution in [1.29, 1.82) is 0 Å². The topological polar surface area (TPSA) is 47.5 Å². The van der Waals surface area contributed by atoms with Gasteiger partial charge >= 0.3 is 0 Å². The van der Waals surface area contributed by atoms with E-state index in [1.165, 1.54) is 0 Å². The summed E-state index contributed by atoms with van der Waals surface area (Å²) < 4.78 is 10.5. The molecule has 2 aromatic rings. The summed E-state index contributed by atoms with van der Waals surface area (Å²) in [6, 6.07) is 5.89. The van der Waals surface area contributed by atoms with Gasteiger partial charge in [-0.1, -0.05) is 6.07 Å². The van der Waals surface area contributed by atoms with Crippen molar-refractivity contribution in [3.05, 3.63) is 41.9 Å². The quantitative estimate of drug-likeness (QED) is 0.837. The highest BCUT2D eigenvalue weighted by Gasteiger charge is 2.08. The SMILES string of the molecule is COc1ccc(CN(C)c2cncc(C)n2)cc1OC. The highest BCUT2D eigenvalue weighted by atomic mass is 16.5. The molecule has 2 rings (SSSR count). The van der Waals surface area contributed by atoms with Gasteiger partial charge in [0.15, 0.2) is 11.5 Å². The largest absolute Gasteiger partial charge is 0.493 e. The molecule has 0 aliphatic heterocycles. The summed E-state index contributed by atoms with van der Waals surface area (Å²) in [7, 11) is 5.25. The van der Waals surface area contributed by atoms with E-state index in [2.05, 4.69) is 9.97 Å². The normalized spacial score (nSPS) is 10.2. The first-order chi connectivity index (χ1) is 9.63. The molecule has 0 unspecified atom stereocenters. The molecule has 0 bridgehead atoms. The van der Waals surface area contributed by atoms with Crippen LogP contribution < -0.4 is 14.4 Å². The van der Waals surface area contributed by atoms with Crippen LogP contribution in [0, 0.1) is 6.92 Å². The first-order valence-electron chi connectivity index (χ1n) is 6.34. The second-order valence-corrected chi connectivity index (χ2v) is 4.56. The number of rotatable bonds is 5. The Labute approximate surface area is 119 Å². The summed E-state index contributed by atoms with van der Waals surface area (Å²) in [5.74, 6) is 2.31. The lowest BCUT2D eigenvalue weighted by Crippen LogP contribution is -2.18. The number of benzene rings is 1. The second kappa shape index (κ2) is 6.23. The monoisotopic (exact) mass is 273 g/mol. The summed E-state index contributed by atoms with van der Waals surface area (Å²) >= 11 is 0. The van der Waals surface area contributed by atoms with Gasteiger partial charge in [-0.2, -0.15) is 0 Å². The number of hydrogen-bond acceptors (Lipinski definition) is 5. The molecule has 20 heavy (non-hydrogen) atoms. The van der Waals surface area contributed by atoms with E-state index in [1.807, 2.05) is 37.1 Å². The highest BCUT2D eigenvalue weighted by molar-refractivity contribution is 5.45. The molecule has 0 atom stereocenters. The van der Waals surface area contributed by atoms with Gasteiger partial charge in [0, 0.05) is 19.8 Å². The number of aryl methyl sites for hydroxylation is 1. The maximum absolute atomic E-state index is 5.31. The van der Waals surface area contributed by atoms with Crippen LogP contribution in [0.3, 0.4) is 0 Å². The molecule has 0 fully saturated rings. The van der Waals surface area contributed by atoms with E-state index in [-0.39, 0.29) is 0 Å². The molecule has 0 spiro atoms. The summed E-state index contributed by atoms with van der Waals surface area (Å²) in [4.78, 5) is 10.7. The van der Waals surface area contributed by atoms with Gasteiger partial charge in [-0.05, 0) is 24.6 Å². The van der Waals surface area contributed by atoms with Crippen molar-refractivity contribution in [2.24, 2.45) is 0 Å². The molecule has 5 nitrogen and oxygen atoms in total. The third kappa shape index (κ3) is 3.17. The van der Waals surface area contributed by atoms with Gasteiger partial charge < -0.3 is 14.4 Å². The van der Waals surface area contributed by atoms with E-state index in [1.54, 1.807) is 26.6 Å². The van der Waals surface area contributed by atoms with Gasteiger partial charge in [-0.3, -0.25) is 4.98 Å².